The Morgan fingerprint density at radius 2 is 2.13 bits per heavy atom. The lowest BCUT2D eigenvalue weighted by molar-refractivity contribution is 0.0517. The van der Waals surface area contributed by atoms with Crippen LogP contribution in [-0.2, 0) is 4.74 Å². The summed E-state index contributed by atoms with van der Waals surface area (Å²) in [6.07, 6.45) is 2.64. The van der Waals surface area contributed by atoms with Crippen LogP contribution in [0.15, 0.2) is 24.3 Å². The SMILES string of the molecule is CC(C)(C)OC(=O)NC[C@H]1CCCN(c2ccccc2C=O)C1. The molecule has 0 radical (unpaired) electrons. The Balaban J connectivity index is 1.91. The van der Waals surface area contributed by atoms with Crippen LogP contribution >= 0.6 is 0 Å². The van der Waals surface area contributed by atoms with Crippen LogP contribution in [0.2, 0.25) is 0 Å². The Labute approximate surface area is 138 Å². The zero-order chi connectivity index (χ0) is 16.9. The number of piperidine rings is 1. The zero-order valence-electron chi connectivity index (χ0n) is 14.2. The van der Waals surface area contributed by atoms with Gasteiger partial charge in [0.25, 0.3) is 0 Å². The average Bonchev–Trinajstić information content (AvgIpc) is 2.51. The third-order valence-corrected chi connectivity index (χ3v) is 3.86. The molecule has 1 atom stereocenters. The van der Waals surface area contributed by atoms with E-state index in [9.17, 15) is 9.59 Å². The molecule has 126 valence electrons. The van der Waals surface area contributed by atoms with Crippen LogP contribution in [0.4, 0.5) is 10.5 Å². The number of rotatable bonds is 4. The molecule has 0 aromatic heterocycles. The summed E-state index contributed by atoms with van der Waals surface area (Å²) in [7, 11) is 0. The molecule has 1 heterocycles. The van der Waals surface area contributed by atoms with Gasteiger partial charge in [-0.25, -0.2) is 4.79 Å². The Morgan fingerprint density at radius 3 is 2.83 bits per heavy atom. The molecule has 2 rings (SSSR count). The molecule has 1 fully saturated rings. The van der Waals surface area contributed by atoms with Gasteiger partial charge in [-0.3, -0.25) is 4.79 Å². The number of benzene rings is 1. The Morgan fingerprint density at radius 1 is 1.39 bits per heavy atom. The third-order valence-electron chi connectivity index (χ3n) is 3.86. The van der Waals surface area contributed by atoms with E-state index < -0.39 is 5.60 Å². The second kappa shape index (κ2) is 7.49. The molecule has 0 bridgehead atoms. The van der Waals surface area contributed by atoms with Crippen molar-refractivity contribution in [3.63, 3.8) is 0 Å². The van der Waals surface area contributed by atoms with E-state index >= 15 is 0 Å². The van der Waals surface area contributed by atoms with Crippen LogP contribution in [0.3, 0.4) is 0 Å². The van der Waals surface area contributed by atoms with Gasteiger partial charge in [-0.15, -0.1) is 0 Å². The van der Waals surface area contributed by atoms with E-state index in [4.69, 9.17) is 4.74 Å². The number of hydrogen-bond acceptors (Lipinski definition) is 4. The zero-order valence-corrected chi connectivity index (χ0v) is 14.2. The van der Waals surface area contributed by atoms with Crippen molar-refractivity contribution >= 4 is 18.1 Å². The molecule has 0 spiro atoms. The quantitative estimate of drug-likeness (QED) is 0.866. The topological polar surface area (TPSA) is 58.6 Å². The number of nitrogens with zero attached hydrogens (tertiary/aromatic N) is 1. The van der Waals surface area contributed by atoms with Crippen molar-refractivity contribution in [3.05, 3.63) is 29.8 Å². The molecule has 1 amide bonds. The van der Waals surface area contributed by atoms with Gasteiger partial charge in [0.15, 0.2) is 6.29 Å². The maximum Gasteiger partial charge on any atom is 0.407 e. The van der Waals surface area contributed by atoms with Crippen molar-refractivity contribution < 1.29 is 14.3 Å². The van der Waals surface area contributed by atoms with Crippen molar-refractivity contribution in [2.75, 3.05) is 24.5 Å². The fraction of sp³-hybridized carbons (Fsp3) is 0.556. The summed E-state index contributed by atoms with van der Waals surface area (Å²) in [5, 5.41) is 2.85. The Kier molecular flexibility index (Phi) is 5.64. The smallest absolute Gasteiger partial charge is 0.407 e. The number of carbonyl (C=O) groups excluding carboxylic acids is 2. The second-order valence-corrected chi connectivity index (χ2v) is 7.01. The lowest BCUT2D eigenvalue weighted by Gasteiger charge is -2.35. The fourth-order valence-electron chi connectivity index (χ4n) is 2.87. The molecule has 5 nitrogen and oxygen atoms in total. The minimum atomic E-state index is -0.481. The minimum Gasteiger partial charge on any atom is -0.444 e. The Hall–Kier alpha value is -2.04. The number of carbonyl (C=O) groups is 2. The van der Waals surface area contributed by atoms with E-state index in [-0.39, 0.29) is 6.09 Å². The molecule has 23 heavy (non-hydrogen) atoms. The largest absolute Gasteiger partial charge is 0.444 e. The van der Waals surface area contributed by atoms with Crippen molar-refractivity contribution in [1.29, 1.82) is 0 Å². The number of alkyl carbamates (subject to hydrolysis) is 1. The monoisotopic (exact) mass is 318 g/mol. The number of amides is 1. The number of para-hydroxylation sites is 1. The van der Waals surface area contributed by atoms with Crippen LogP contribution in [0.1, 0.15) is 44.0 Å². The van der Waals surface area contributed by atoms with Crippen molar-refractivity contribution in [2.45, 2.75) is 39.2 Å². The van der Waals surface area contributed by atoms with Gasteiger partial charge in [0.05, 0.1) is 0 Å². The number of hydrogen-bond donors (Lipinski definition) is 1. The lowest BCUT2D eigenvalue weighted by atomic mass is 9.97. The summed E-state index contributed by atoms with van der Waals surface area (Å²) in [6.45, 7) is 7.92. The van der Waals surface area contributed by atoms with E-state index in [1.807, 2.05) is 45.0 Å². The van der Waals surface area contributed by atoms with Crippen molar-refractivity contribution in [2.24, 2.45) is 5.92 Å². The number of ether oxygens (including phenoxy) is 1. The van der Waals surface area contributed by atoms with Crippen LogP contribution in [0.5, 0.6) is 0 Å². The maximum absolute atomic E-state index is 11.8. The maximum atomic E-state index is 11.8. The molecule has 1 aromatic rings. The summed E-state index contributed by atoms with van der Waals surface area (Å²) in [4.78, 5) is 25.2. The fourth-order valence-corrected chi connectivity index (χ4v) is 2.87. The highest BCUT2D eigenvalue weighted by Crippen LogP contribution is 2.25. The van der Waals surface area contributed by atoms with Gasteiger partial charge >= 0.3 is 6.09 Å². The highest BCUT2D eigenvalue weighted by molar-refractivity contribution is 5.84. The first-order valence-corrected chi connectivity index (χ1v) is 8.15. The number of aldehydes is 1. The molecule has 1 N–H and O–H groups in total. The van der Waals surface area contributed by atoms with Gasteiger partial charge in [-0.05, 0) is 51.7 Å². The molecule has 1 aliphatic rings. The summed E-state index contributed by atoms with van der Waals surface area (Å²) in [5.41, 5.74) is 1.21. The van der Waals surface area contributed by atoms with Gasteiger partial charge < -0.3 is 15.0 Å². The molecule has 0 unspecified atom stereocenters. The number of anilines is 1. The van der Waals surface area contributed by atoms with E-state index in [1.165, 1.54) is 0 Å². The molecule has 1 saturated heterocycles. The summed E-state index contributed by atoms with van der Waals surface area (Å²) in [6, 6.07) is 7.64. The normalized spacial score (nSPS) is 18.4. The van der Waals surface area contributed by atoms with Crippen LogP contribution < -0.4 is 10.2 Å². The summed E-state index contributed by atoms with van der Waals surface area (Å²) >= 11 is 0. The summed E-state index contributed by atoms with van der Waals surface area (Å²) in [5.74, 6) is 0.357. The summed E-state index contributed by atoms with van der Waals surface area (Å²) < 4.78 is 5.27. The Bertz CT molecular complexity index is 551. The molecule has 1 aliphatic heterocycles. The first-order chi connectivity index (χ1) is 10.9. The van der Waals surface area contributed by atoms with E-state index in [2.05, 4.69) is 10.2 Å². The van der Waals surface area contributed by atoms with Crippen molar-refractivity contribution in [1.82, 2.24) is 5.32 Å². The average molecular weight is 318 g/mol. The molecule has 1 aromatic carbocycles. The predicted molar refractivity (Wildman–Crippen MR) is 91.0 cm³/mol. The second-order valence-electron chi connectivity index (χ2n) is 7.01. The standard InChI is InChI=1S/C18H26N2O3/c1-18(2,3)23-17(22)19-11-14-7-6-10-20(12-14)16-9-5-4-8-15(16)13-21/h4-5,8-9,13-14H,6-7,10-12H2,1-3H3,(H,19,22)/t14-/m1/s1. The molecule has 5 heteroatoms. The molecule has 0 saturated carbocycles. The van der Waals surface area contributed by atoms with E-state index in [0.29, 0.717) is 18.0 Å². The van der Waals surface area contributed by atoms with Gasteiger partial charge in [0, 0.05) is 30.9 Å². The minimum absolute atomic E-state index is 0.357. The van der Waals surface area contributed by atoms with Gasteiger partial charge in [0.2, 0.25) is 0 Å². The molecule has 0 aliphatic carbocycles. The van der Waals surface area contributed by atoms with E-state index in [0.717, 1.165) is 37.9 Å². The van der Waals surface area contributed by atoms with Crippen LogP contribution in [0, 0.1) is 5.92 Å². The first kappa shape index (κ1) is 17.3. The lowest BCUT2D eigenvalue weighted by Crippen LogP contribution is -2.42. The van der Waals surface area contributed by atoms with Crippen LogP contribution in [0.25, 0.3) is 0 Å². The van der Waals surface area contributed by atoms with E-state index in [1.54, 1.807) is 0 Å². The highest BCUT2D eigenvalue weighted by atomic mass is 16.6. The molecular weight excluding hydrogens is 292 g/mol. The van der Waals surface area contributed by atoms with Crippen molar-refractivity contribution in [3.8, 4) is 0 Å². The third kappa shape index (κ3) is 5.27. The van der Waals surface area contributed by atoms with Gasteiger partial charge in [-0.1, -0.05) is 12.1 Å². The van der Waals surface area contributed by atoms with Gasteiger partial charge in [-0.2, -0.15) is 0 Å². The van der Waals surface area contributed by atoms with Gasteiger partial charge in [0.1, 0.15) is 5.60 Å². The number of nitrogens with one attached hydrogen (secondary N) is 1. The van der Waals surface area contributed by atoms with Crippen LogP contribution in [-0.4, -0.2) is 37.6 Å². The highest BCUT2D eigenvalue weighted by Gasteiger charge is 2.23. The predicted octanol–water partition coefficient (Wildman–Crippen LogP) is 3.24. The first-order valence-electron chi connectivity index (χ1n) is 8.15. The molecular formula is C18H26N2O3.